The Kier molecular flexibility index (Phi) is 4.86. The van der Waals surface area contributed by atoms with Gasteiger partial charge in [0.05, 0.1) is 20.5 Å². The number of hydrogen-bond acceptors (Lipinski definition) is 8. The van der Waals surface area contributed by atoms with Crippen molar-refractivity contribution in [3.63, 3.8) is 0 Å². The van der Waals surface area contributed by atoms with Gasteiger partial charge in [-0.05, 0) is 19.3 Å². The quantitative estimate of drug-likeness (QED) is 0.507. The molecule has 3 aromatic rings. The molecule has 0 aliphatic carbocycles. The standard InChI is InChI=1S/C18H20FN5O4/c1-26-11-7-10(8-12(27-2)15(11)25)21-16-14-17(23-18(19)22-16)24(9-20-14)13-5-3-4-6-28-13/h7-9,13,25H,3-6H2,1-2H3,(H,21,22,23). The van der Waals surface area contributed by atoms with Gasteiger partial charge in [-0.3, -0.25) is 4.57 Å². The van der Waals surface area contributed by atoms with Crippen LogP contribution in [0.3, 0.4) is 0 Å². The number of hydrogen-bond donors (Lipinski definition) is 2. The molecule has 0 amide bonds. The first-order chi connectivity index (χ1) is 13.6. The number of benzene rings is 1. The Morgan fingerprint density at radius 1 is 1.21 bits per heavy atom. The topological polar surface area (TPSA) is 104 Å². The normalized spacial score (nSPS) is 16.9. The molecule has 0 radical (unpaired) electrons. The van der Waals surface area contributed by atoms with Gasteiger partial charge in [0.1, 0.15) is 6.23 Å². The van der Waals surface area contributed by atoms with Crippen molar-refractivity contribution >= 4 is 22.7 Å². The zero-order valence-electron chi connectivity index (χ0n) is 15.5. The van der Waals surface area contributed by atoms with Crippen molar-refractivity contribution in [2.24, 2.45) is 0 Å². The second kappa shape index (κ2) is 7.47. The Balaban J connectivity index is 1.74. The molecule has 2 aromatic heterocycles. The summed E-state index contributed by atoms with van der Waals surface area (Å²) in [5, 5.41) is 13.1. The summed E-state index contributed by atoms with van der Waals surface area (Å²) >= 11 is 0. The second-order valence-electron chi connectivity index (χ2n) is 6.34. The lowest BCUT2D eigenvalue weighted by Crippen LogP contribution is -2.18. The summed E-state index contributed by atoms with van der Waals surface area (Å²) in [6, 6.07) is 3.09. The van der Waals surface area contributed by atoms with Crippen molar-refractivity contribution in [1.29, 1.82) is 0 Å². The van der Waals surface area contributed by atoms with E-state index in [4.69, 9.17) is 14.2 Å². The minimum atomic E-state index is -0.884. The molecule has 1 aliphatic heterocycles. The molecular formula is C18H20FN5O4. The second-order valence-corrected chi connectivity index (χ2v) is 6.34. The van der Waals surface area contributed by atoms with Crippen molar-refractivity contribution in [3.8, 4) is 17.2 Å². The van der Waals surface area contributed by atoms with E-state index in [1.165, 1.54) is 14.2 Å². The molecule has 1 saturated heterocycles. The van der Waals surface area contributed by atoms with E-state index in [1.54, 1.807) is 23.0 Å². The highest BCUT2D eigenvalue weighted by Gasteiger charge is 2.22. The summed E-state index contributed by atoms with van der Waals surface area (Å²) in [5.74, 6) is 0.461. The first-order valence-electron chi connectivity index (χ1n) is 8.84. The van der Waals surface area contributed by atoms with E-state index in [-0.39, 0.29) is 29.3 Å². The number of ether oxygens (including phenoxy) is 3. The van der Waals surface area contributed by atoms with Crippen molar-refractivity contribution in [2.75, 3.05) is 26.1 Å². The van der Waals surface area contributed by atoms with E-state index >= 15 is 0 Å². The Bertz CT molecular complexity index is 978. The predicted molar refractivity (Wildman–Crippen MR) is 98.6 cm³/mol. The van der Waals surface area contributed by atoms with Crippen molar-refractivity contribution in [2.45, 2.75) is 25.5 Å². The highest BCUT2D eigenvalue weighted by atomic mass is 19.1. The Labute approximate surface area is 160 Å². The molecule has 1 aliphatic rings. The molecule has 28 heavy (non-hydrogen) atoms. The summed E-state index contributed by atoms with van der Waals surface area (Å²) in [7, 11) is 2.85. The Morgan fingerprint density at radius 3 is 2.61 bits per heavy atom. The van der Waals surface area contributed by atoms with Crippen LogP contribution in [0, 0.1) is 6.08 Å². The summed E-state index contributed by atoms with van der Waals surface area (Å²) < 4.78 is 31.9. The SMILES string of the molecule is COc1cc(Nc2nc(F)nc3c2ncn3C2CCCCO2)cc(OC)c1O. The minimum Gasteiger partial charge on any atom is -0.502 e. The number of nitrogens with one attached hydrogen (secondary N) is 1. The first kappa shape index (κ1) is 18.2. The molecule has 1 aromatic carbocycles. The fraction of sp³-hybridized carbons (Fsp3) is 0.389. The van der Waals surface area contributed by atoms with Gasteiger partial charge in [0, 0.05) is 24.4 Å². The van der Waals surface area contributed by atoms with Crippen LogP contribution in [-0.4, -0.2) is 45.5 Å². The number of methoxy groups -OCH3 is 2. The number of anilines is 2. The monoisotopic (exact) mass is 389 g/mol. The first-order valence-corrected chi connectivity index (χ1v) is 8.84. The van der Waals surface area contributed by atoms with Crippen LogP contribution in [0.1, 0.15) is 25.5 Å². The molecule has 0 spiro atoms. The number of phenols is 1. The van der Waals surface area contributed by atoms with Crippen LogP contribution in [0.4, 0.5) is 15.9 Å². The van der Waals surface area contributed by atoms with Gasteiger partial charge in [-0.1, -0.05) is 0 Å². The Morgan fingerprint density at radius 2 is 1.96 bits per heavy atom. The average molecular weight is 389 g/mol. The number of halogens is 1. The molecule has 1 fully saturated rings. The van der Waals surface area contributed by atoms with Crippen LogP contribution in [0.5, 0.6) is 17.2 Å². The number of imidazole rings is 1. The van der Waals surface area contributed by atoms with Gasteiger partial charge in [0.2, 0.25) is 5.75 Å². The largest absolute Gasteiger partial charge is 0.502 e. The van der Waals surface area contributed by atoms with Gasteiger partial charge in [-0.2, -0.15) is 14.4 Å². The lowest BCUT2D eigenvalue weighted by Gasteiger charge is -2.23. The number of phenolic OH excluding ortho intramolecular Hbond substituents is 1. The van der Waals surface area contributed by atoms with Gasteiger partial charge in [-0.15, -0.1) is 0 Å². The van der Waals surface area contributed by atoms with Gasteiger partial charge in [0.25, 0.3) is 0 Å². The van der Waals surface area contributed by atoms with Crippen molar-refractivity contribution in [3.05, 3.63) is 24.5 Å². The minimum absolute atomic E-state index is 0.131. The van der Waals surface area contributed by atoms with E-state index in [2.05, 4.69) is 20.3 Å². The zero-order chi connectivity index (χ0) is 19.7. The van der Waals surface area contributed by atoms with Crippen LogP contribution in [-0.2, 0) is 4.74 Å². The third kappa shape index (κ3) is 3.26. The smallest absolute Gasteiger partial charge is 0.312 e. The van der Waals surface area contributed by atoms with Crippen molar-refractivity contribution < 1.29 is 23.7 Å². The zero-order valence-corrected chi connectivity index (χ0v) is 15.5. The van der Waals surface area contributed by atoms with E-state index in [1.807, 2.05) is 0 Å². The number of rotatable bonds is 5. The van der Waals surface area contributed by atoms with E-state index in [0.717, 1.165) is 19.3 Å². The molecule has 9 nitrogen and oxygen atoms in total. The molecular weight excluding hydrogens is 369 g/mol. The molecule has 1 atom stereocenters. The highest BCUT2D eigenvalue weighted by molar-refractivity contribution is 5.85. The van der Waals surface area contributed by atoms with Crippen LogP contribution in [0.15, 0.2) is 18.5 Å². The maximum atomic E-state index is 14.1. The lowest BCUT2D eigenvalue weighted by atomic mass is 10.2. The number of aromatic hydroxyl groups is 1. The third-order valence-corrected chi connectivity index (χ3v) is 4.60. The molecule has 0 saturated carbocycles. The van der Waals surface area contributed by atoms with Crippen molar-refractivity contribution in [1.82, 2.24) is 19.5 Å². The van der Waals surface area contributed by atoms with Crippen LogP contribution in [0.2, 0.25) is 0 Å². The van der Waals surface area contributed by atoms with E-state index in [9.17, 15) is 9.50 Å². The fourth-order valence-electron chi connectivity index (χ4n) is 3.23. The van der Waals surface area contributed by atoms with Crippen LogP contribution < -0.4 is 14.8 Å². The van der Waals surface area contributed by atoms with Gasteiger partial charge in [-0.25, -0.2) is 4.98 Å². The maximum Gasteiger partial charge on any atom is 0.312 e. The molecule has 2 N–H and O–H groups in total. The van der Waals surface area contributed by atoms with E-state index < -0.39 is 6.08 Å². The third-order valence-electron chi connectivity index (χ3n) is 4.60. The van der Waals surface area contributed by atoms with Gasteiger partial charge < -0.3 is 24.6 Å². The Hall–Kier alpha value is -3.14. The molecule has 1 unspecified atom stereocenters. The van der Waals surface area contributed by atoms with Gasteiger partial charge >= 0.3 is 6.08 Å². The summed E-state index contributed by atoms with van der Waals surface area (Å²) in [6.07, 6.45) is 3.31. The summed E-state index contributed by atoms with van der Waals surface area (Å²) in [6.45, 7) is 0.649. The molecule has 3 heterocycles. The molecule has 4 rings (SSSR count). The highest BCUT2D eigenvalue weighted by Crippen LogP contribution is 2.40. The number of aromatic nitrogens is 4. The average Bonchev–Trinajstić information content (AvgIpc) is 3.13. The molecule has 0 bridgehead atoms. The summed E-state index contributed by atoms with van der Waals surface area (Å²) in [4.78, 5) is 12.1. The lowest BCUT2D eigenvalue weighted by molar-refractivity contribution is -0.0298. The molecule has 10 heteroatoms. The number of fused-ring (bicyclic) bond motifs is 1. The molecule has 148 valence electrons. The van der Waals surface area contributed by atoms with Crippen LogP contribution >= 0.6 is 0 Å². The number of nitrogens with zero attached hydrogens (tertiary/aromatic N) is 4. The van der Waals surface area contributed by atoms with E-state index in [0.29, 0.717) is 23.5 Å². The predicted octanol–water partition coefficient (Wildman–Crippen LogP) is 3.13. The summed E-state index contributed by atoms with van der Waals surface area (Å²) in [5.41, 5.74) is 1.23. The maximum absolute atomic E-state index is 14.1. The van der Waals surface area contributed by atoms with Crippen LogP contribution in [0.25, 0.3) is 11.2 Å². The fourth-order valence-corrected chi connectivity index (χ4v) is 3.23. The van der Waals surface area contributed by atoms with Gasteiger partial charge in [0.15, 0.2) is 28.5 Å².